The normalized spacial score (nSPS) is 17.5. The van der Waals surface area contributed by atoms with Crippen molar-refractivity contribution in [1.82, 2.24) is 0 Å². The van der Waals surface area contributed by atoms with Crippen LogP contribution in [0.2, 0.25) is 0 Å². The Morgan fingerprint density at radius 3 is 2.27 bits per heavy atom. The van der Waals surface area contributed by atoms with Gasteiger partial charge in [0.05, 0.1) is 0 Å². The van der Waals surface area contributed by atoms with Crippen molar-refractivity contribution in [2.45, 2.75) is 31.4 Å². The lowest BCUT2D eigenvalue weighted by molar-refractivity contribution is -0.141. The summed E-state index contributed by atoms with van der Waals surface area (Å²) < 4.78 is 21.2. The van der Waals surface area contributed by atoms with Crippen molar-refractivity contribution in [3.63, 3.8) is 0 Å². The van der Waals surface area contributed by atoms with E-state index in [1.807, 2.05) is 0 Å². The average molecular weight is 232 g/mol. The highest BCUT2D eigenvalue weighted by Gasteiger charge is 2.49. The van der Waals surface area contributed by atoms with Gasteiger partial charge in [0.25, 0.3) is 0 Å². The summed E-state index contributed by atoms with van der Waals surface area (Å²) in [6.07, 6.45) is 6.60. The number of rotatable bonds is 5. The standard InChI is InChI=1S/C10H16O4S/c1-5-7-8(6-2)10(3,9(11)12)15(4,13)14/h1,8H,6-7H2,2-4H3,(H,11,12)/t8?,10-/m1/s1. The monoisotopic (exact) mass is 232 g/mol. The van der Waals surface area contributed by atoms with E-state index in [-0.39, 0.29) is 6.42 Å². The van der Waals surface area contributed by atoms with Crippen molar-refractivity contribution in [1.29, 1.82) is 0 Å². The van der Waals surface area contributed by atoms with Crippen molar-refractivity contribution < 1.29 is 18.3 Å². The number of sulfone groups is 1. The predicted molar refractivity (Wildman–Crippen MR) is 58.1 cm³/mol. The lowest BCUT2D eigenvalue weighted by atomic mass is 9.88. The van der Waals surface area contributed by atoms with E-state index >= 15 is 0 Å². The molecule has 0 rings (SSSR count). The third-order valence-electron chi connectivity index (χ3n) is 2.83. The zero-order chi connectivity index (χ0) is 12.3. The van der Waals surface area contributed by atoms with E-state index in [1.165, 1.54) is 6.92 Å². The van der Waals surface area contributed by atoms with Gasteiger partial charge in [0, 0.05) is 12.7 Å². The molecule has 0 aliphatic rings. The minimum Gasteiger partial charge on any atom is -0.480 e. The van der Waals surface area contributed by atoms with E-state index in [0.29, 0.717) is 6.42 Å². The largest absolute Gasteiger partial charge is 0.480 e. The van der Waals surface area contributed by atoms with Gasteiger partial charge < -0.3 is 5.11 Å². The number of terminal acetylenes is 1. The van der Waals surface area contributed by atoms with Gasteiger partial charge in [-0.15, -0.1) is 12.3 Å². The maximum absolute atomic E-state index is 11.5. The van der Waals surface area contributed by atoms with Crippen LogP contribution in [0.4, 0.5) is 0 Å². The first kappa shape index (κ1) is 14.0. The van der Waals surface area contributed by atoms with Crippen LogP contribution in [-0.4, -0.2) is 30.5 Å². The molecular formula is C10H16O4S. The second-order valence-electron chi connectivity index (χ2n) is 3.70. The van der Waals surface area contributed by atoms with Gasteiger partial charge in [0.2, 0.25) is 0 Å². The van der Waals surface area contributed by atoms with Crippen molar-refractivity contribution in [2.75, 3.05) is 6.26 Å². The molecule has 0 radical (unpaired) electrons. The van der Waals surface area contributed by atoms with Gasteiger partial charge in [0.1, 0.15) is 0 Å². The fourth-order valence-electron chi connectivity index (χ4n) is 1.51. The molecule has 0 amide bonds. The highest BCUT2D eigenvalue weighted by atomic mass is 32.2. The molecule has 0 bridgehead atoms. The number of carboxylic acid groups (broad SMARTS) is 1. The second-order valence-corrected chi connectivity index (χ2v) is 6.09. The Balaban J connectivity index is 5.50. The van der Waals surface area contributed by atoms with Gasteiger partial charge in [0.15, 0.2) is 14.6 Å². The highest BCUT2D eigenvalue weighted by molar-refractivity contribution is 7.92. The minimum atomic E-state index is -3.69. The Labute approximate surface area is 90.6 Å². The molecular weight excluding hydrogens is 216 g/mol. The van der Waals surface area contributed by atoms with E-state index in [9.17, 15) is 13.2 Å². The Morgan fingerprint density at radius 1 is 1.60 bits per heavy atom. The second kappa shape index (κ2) is 4.67. The lowest BCUT2D eigenvalue weighted by Crippen LogP contribution is -2.49. The molecule has 15 heavy (non-hydrogen) atoms. The van der Waals surface area contributed by atoms with E-state index in [0.717, 1.165) is 6.26 Å². The van der Waals surface area contributed by atoms with E-state index in [2.05, 4.69) is 5.92 Å². The molecule has 0 fully saturated rings. The molecule has 5 heteroatoms. The van der Waals surface area contributed by atoms with Crippen LogP contribution >= 0.6 is 0 Å². The third-order valence-corrected chi connectivity index (χ3v) is 4.88. The number of carbonyl (C=O) groups is 1. The van der Waals surface area contributed by atoms with Gasteiger partial charge in [-0.1, -0.05) is 13.3 Å². The summed E-state index contributed by atoms with van der Waals surface area (Å²) in [6.45, 7) is 2.95. The van der Waals surface area contributed by atoms with Crippen molar-refractivity contribution in [3.8, 4) is 12.3 Å². The van der Waals surface area contributed by atoms with Gasteiger partial charge in [-0.3, -0.25) is 4.79 Å². The minimum absolute atomic E-state index is 0.145. The summed E-state index contributed by atoms with van der Waals surface area (Å²) in [5.41, 5.74) is 0. The maximum atomic E-state index is 11.5. The van der Waals surface area contributed by atoms with E-state index < -0.39 is 26.5 Å². The van der Waals surface area contributed by atoms with Gasteiger partial charge in [-0.05, 0) is 12.8 Å². The number of hydrogen-bond donors (Lipinski definition) is 1. The molecule has 0 aliphatic heterocycles. The summed E-state index contributed by atoms with van der Waals surface area (Å²) >= 11 is 0. The molecule has 0 saturated heterocycles. The van der Waals surface area contributed by atoms with E-state index in [1.54, 1.807) is 6.92 Å². The molecule has 1 N–H and O–H groups in total. The molecule has 0 spiro atoms. The topological polar surface area (TPSA) is 71.4 Å². The van der Waals surface area contributed by atoms with Crippen LogP contribution in [0.1, 0.15) is 26.7 Å². The van der Waals surface area contributed by atoms with Gasteiger partial charge >= 0.3 is 5.97 Å². The first-order valence-corrected chi connectivity index (χ1v) is 6.47. The smallest absolute Gasteiger partial charge is 0.325 e. The van der Waals surface area contributed by atoms with Crippen molar-refractivity contribution >= 4 is 15.8 Å². The SMILES string of the molecule is C#CCC(CC)[C@](C)(C(=O)O)S(C)(=O)=O. The number of carboxylic acids is 1. The predicted octanol–water partition coefficient (Wildman–Crippen LogP) is 0.924. The molecule has 86 valence electrons. The summed E-state index contributed by atoms with van der Waals surface area (Å²) in [7, 11) is -3.69. The summed E-state index contributed by atoms with van der Waals surface area (Å²) in [6, 6.07) is 0. The summed E-state index contributed by atoms with van der Waals surface area (Å²) in [5.74, 6) is 0.423. The lowest BCUT2D eigenvalue weighted by Gasteiger charge is -2.30. The Kier molecular flexibility index (Phi) is 4.35. The van der Waals surface area contributed by atoms with Crippen LogP contribution in [0.3, 0.4) is 0 Å². The fourth-order valence-corrected chi connectivity index (χ4v) is 2.68. The van der Waals surface area contributed by atoms with Crippen LogP contribution in [0.15, 0.2) is 0 Å². The Bertz CT molecular complexity index is 377. The fraction of sp³-hybridized carbons (Fsp3) is 0.700. The van der Waals surface area contributed by atoms with Gasteiger partial charge in [-0.2, -0.15) is 0 Å². The third kappa shape index (κ3) is 2.51. The first-order valence-electron chi connectivity index (χ1n) is 4.58. The molecule has 0 saturated carbocycles. The first-order chi connectivity index (χ1) is 6.71. The van der Waals surface area contributed by atoms with E-state index in [4.69, 9.17) is 11.5 Å². The Morgan fingerprint density at radius 2 is 2.07 bits per heavy atom. The van der Waals surface area contributed by atoms with Crippen LogP contribution in [0, 0.1) is 18.3 Å². The maximum Gasteiger partial charge on any atom is 0.325 e. The molecule has 0 aromatic rings. The molecule has 4 nitrogen and oxygen atoms in total. The zero-order valence-electron chi connectivity index (χ0n) is 9.15. The summed E-state index contributed by atoms with van der Waals surface area (Å²) in [5, 5.41) is 9.05. The molecule has 1 unspecified atom stereocenters. The van der Waals surface area contributed by atoms with Crippen LogP contribution in [0.25, 0.3) is 0 Å². The van der Waals surface area contributed by atoms with Crippen LogP contribution in [0.5, 0.6) is 0 Å². The summed E-state index contributed by atoms with van der Waals surface area (Å²) in [4.78, 5) is 11.1. The van der Waals surface area contributed by atoms with Crippen LogP contribution in [-0.2, 0) is 14.6 Å². The van der Waals surface area contributed by atoms with Crippen molar-refractivity contribution in [3.05, 3.63) is 0 Å². The molecule has 0 aromatic heterocycles. The van der Waals surface area contributed by atoms with Gasteiger partial charge in [-0.25, -0.2) is 8.42 Å². The van der Waals surface area contributed by atoms with Crippen molar-refractivity contribution in [2.24, 2.45) is 5.92 Å². The number of aliphatic carboxylic acids is 1. The molecule has 0 aromatic carbocycles. The molecule has 0 aliphatic carbocycles. The molecule has 2 atom stereocenters. The van der Waals surface area contributed by atoms with Crippen LogP contribution < -0.4 is 0 Å². The molecule has 0 heterocycles. The average Bonchev–Trinajstić information content (AvgIpc) is 2.10. The Hall–Kier alpha value is -1.02. The quantitative estimate of drug-likeness (QED) is 0.716. The highest BCUT2D eigenvalue weighted by Crippen LogP contribution is 2.31. The number of hydrogen-bond acceptors (Lipinski definition) is 3. The zero-order valence-corrected chi connectivity index (χ0v) is 9.97.